The van der Waals surface area contributed by atoms with Gasteiger partial charge in [-0.2, -0.15) is 0 Å². The van der Waals surface area contributed by atoms with Crippen molar-refractivity contribution in [2.75, 3.05) is 5.94 Å². The Morgan fingerprint density at radius 3 is 2.00 bits per heavy atom. The van der Waals surface area contributed by atoms with Crippen LogP contribution in [0, 0.1) is 0 Å². The van der Waals surface area contributed by atoms with Gasteiger partial charge in [0.2, 0.25) is 0 Å². The van der Waals surface area contributed by atoms with Crippen LogP contribution in [0.15, 0.2) is 0 Å². The number of hydrogen-bond donors (Lipinski definition) is 2. The van der Waals surface area contributed by atoms with E-state index in [1.165, 1.54) is 0 Å². The second kappa shape index (κ2) is 6.07. The summed E-state index contributed by atoms with van der Waals surface area (Å²) in [5.41, 5.74) is 0. The van der Waals surface area contributed by atoms with Gasteiger partial charge >= 0.3 is 29.6 Å². The third kappa shape index (κ3) is 8.91. The molecule has 0 aromatic heterocycles. The molecule has 0 aliphatic rings. The van der Waals surface area contributed by atoms with Crippen LogP contribution in [-0.4, -0.2) is 19.8 Å². The minimum absolute atomic E-state index is 0. The van der Waals surface area contributed by atoms with Gasteiger partial charge in [0.15, 0.2) is 11.1 Å². The van der Waals surface area contributed by atoms with E-state index in [-0.39, 0.29) is 31.0 Å². The van der Waals surface area contributed by atoms with Gasteiger partial charge in [-0.3, -0.25) is 0 Å². The summed E-state index contributed by atoms with van der Waals surface area (Å²) in [6, 6.07) is 0. The number of aliphatic hydroxyl groups is 1. The van der Waals surface area contributed by atoms with E-state index in [1.807, 2.05) is 0 Å². The molecule has 2 N–H and O–H groups in total. The predicted octanol–water partition coefficient (Wildman–Crippen LogP) is -3.73. The average molecular weight is 120 g/mol. The third-order valence-corrected chi connectivity index (χ3v) is 0.331. The van der Waals surface area contributed by atoms with Crippen LogP contribution in [0.1, 0.15) is 1.43 Å². The molecule has 5 heteroatoms. The molecule has 0 rings (SSSR count). The molecule has 0 saturated carbocycles. The fourth-order valence-electron chi connectivity index (χ4n) is 0. The van der Waals surface area contributed by atoms with Crippen molar-refractivity contribution in [3.63, 3.8) is 0 Å². The van der Waals surface area contributed by atoms with Gasteiger partial charge in [0.1, 0.15) is 5.94 Å². The Hall–Kier alpha value is 1.07. The van der Waals surface area contributed by atoms with E-state index in [2.05, 4.69) is 0 Å². The smallest absolute Gasteiger partial charge is 1.00 e. The van der Waals surface area contributed by atoms with Crippen LogP contribution < -0.4 is 29.6 Å². The minimum atomic E-state index is -2.02. The molecule has 0 bridgehead atoms. The molecule has 0 radical (unpaired) electrons. The predicted molar refractivity (Wildman–Crippen MR) is 19.0 cm³/mol. The SMILES string of the molecule is O=S(O)CO.[H-].[Na+]. The Morgan fingerprint density at radius 1 is 1.83 bits per heavy atom. The summed E-state index contributed by atoms with van der Waals surface area (Å²) in [5, 5.41) is 7.59. The summed E-state index contributed by atoms with van der Waals surface area (Å²) in [5.74, 6) is -0.667. The van der Waals surface area contributed by atoms with E-state index in [9.17, 15) is 4.21 Å². The van der Waals surface area contributed by atoms with E-state index in [0.717, 1.165) is 0 Å². The van der Waals surface area contributed by atoms with Crippen molar-refractivity contribution < 1.29 is 44.9 Å². The first kappa shape index (κ1) is 10.1. The standard InChI is InChI=1S/CH4O3S.Na.H/c2-1-5(3)4;;/h2H,1H2,(H,3,4);;/q;+1;-1. The summed E-state index contributed by atoms with van der Waals surface area (Å²) < 4.78 is 16.8. The Bertz CT molecular complexity index is 50.2. The normalized spacial score (nSPS) is 12.3. The molecule has 0 aromatic carbocycles. The Kier molecular flexibility index (Phi) is 10.3. The van der Waals surface area contributed by atoms with Crippen LogP contribution in [0.4, 0.5) is 0 Å². The second-order valence-electron chi connectivity index (χ2n) is 0.451. The van der Waals surface area contributed by atoms with Crippen molar-refractivity contribution in [3.05, 3.63) is 0 Å². The number of rotatable bonds is 1. The van der Waals surface area contributed by atoms with Crippen LogP contribution in [0.5, 0.6) is 0 Å². The van der Waals surface area contributed by atoms with Gasteiger partial charge in [0.25, 0.3) is 0 Å². The summed E-state index contributed by atoms with van der Waals surface area (Å²) >= 11 is -2.02. The summed E-state index contributed by atoms with van der Waals surface area (Å²) in [4.78, 5) is 0. The van der Waals surface area contributed by atoms with E-state index < -0.39 is 17.0 Å². The maximum atomic E-state index is 9.23. The quantitative estimate of drug-likeness (QED) is 0.276. The van der Waals surface area contributed by atoms with Crippen LogP contribution in [0.25, 0.3) is 0 Å². The fraction of sp³-hybridized carbons (Fsp3) is 1.00. The first-order chi connectivity index (χ1) is 2.27. The zero-order valence-corrected chi connectivity index (χ0v) is 6.23. The van der Waals surface area contributed by atoms with Gasteiger partial charge in [-0.1, -0.05) is 0 Å². The van der Waals surface area contributed by atoms with Crippen molar-refractivity contribution in [1.82, 2.24) is 0 Å². The molecule has 0 amide bonds. The Labute approximate surface area is 61.8 Å². The Morgan fingerprint density at radius 2 is 2.00 bits per heavy atom. The van der Waals surface area contributed by atoms with Crippen molar-refractivity contribution in [2.24, 2.45) is 0 Å². The van der Waals surface area contributed by atoms with Gasteiger partial charge in [0.05, 0.1) is 0 Å². The van der Waals surface area contributed by atoms with Crippen LogP contribution >= 0.6 is 0 Å². The summed E-state index contributed by atoms with van der Waals surface area (Å²) in [6.07, 6.45) is 0. The molecular weight excluding hydrogens is 115 g/mol. The first-order valence-corrected chi connectivity index (χ1v) is 2.23. The van der Waals surface area contributed by atoms with Crippen molar-refractivity contribution in [1.29, 1.82) is 0 Å². The second-order valence-corrected chi connectivity index (χ2v) is 1.35. The van der Waals surface area contributed by atoms with Crippen molar-refractivity contribution in [3.8, 4) is 0 Å². The first-order valence-electron chi connectivity index (χ1n) is 0.954. The maximum Gasteiger partial charge on any atom is 1.00 e. The topological polar surface area (TPSA) is 57.5 Å². The largest absolute Gasteiger partial charge is 1.00 e. The fourth-order valence-corrected chi connectivity index (χ4v) is 0. The van der Waals surface area contributed by atoms with E-state index in [1.54, 1.807) is 0 Å². The maximum absolute atomic E-state index is 9.23. The van der Waals surface area contributed by atoms with Gasteiger partial charge in [0, 0.05) is 0 Å². The van der Waals surface area contributed by atoms with Crippen LogP contribution in [-0.2, 0) is 11.1 Å². The molecule has 1 unspecified atom stereocenters. The van der Waals surface area contributed by atoms with Crippen molar-refractivity contribution in [2.45, 2.75) is 0 Å². The molecule has 0 spiro atoms. The van der Waals surface area contributed by atoms with Gasteiger partial charge in [-0.05, 0) is 0 Å². The molecule has 34 valence electrons. The zero-order valence-electron chi connectivity index (χ0n) is 4.42. The molecular formula is CH5NaO3S. The minimum Gasteiger partial charge on any atom is -1.00 e. The molecule has 6 heavy (non-hydrogen) atoms. The summed E-state index contributed by atoms with van der Waals surface area (Å²) in [6.45, 7) is 0. The third-order valence-electron chi connectivity index (χ3n) is 0.110. The molecule has 3 nitrogen and oxygen atoms in total. The number of aliphatic hydroxyl groups excluding tert-OH is 1. The van der Waals surface area contributed by atoms with E-state index in [4.69, 9.17) is 9.66 Å². The average Bonchev–Trinajstić information content (AvgIpc) is 1.38. The van der Waals surface area contributed by atoms with Gasteiger partial charge < -0.3 is 11.1 Å². The van der Waals surface area contributed by atoms with E-state index in [0.29, 0.717) is 0 Å². The van der Waals surface area contributed by atoms with Crippen molar-refractivity contribution >= 4 is 11.1 Å². The van der Waals surface area contributed by atoms with Gasteiger partial charge in [-0.25, -0.2) is 4.21 Å². The van der Waals surface area contributed by atoms with Gasteiger partial charge in [-0.15, -0.1) is 0 Å². The monoisotopic (exact) mass is 120 g/mol. The zero-order chi connectivity index (χ0) is 4.28. The molecule has 0 heterocycles. The number of hydrogen-bond acceptors (Lipinski definition) is 2. The Balaban J connectivity index is -0.0000000800. The molecule has 0 aromatic rings. The molecule has 0 aliphatic heterocycles. The molecule has 1 atom stereocenters. The molecule has 0 aliphatic carbocycles. The molecule has 0 fully saturated rings. The van der Waals surface area contributed by atoms with E-state index >= 15 is 0 Å². The molecule has 0 saturated heterocycles. The van der Waals surface area contributed by atoms with Crippen LogP contribution in [0.3, 0.4) is 0 Å². The van der Waals surface area contributed by atoms with Crippen LogP contribution in [0.2, 0.25) is 0 Å². The summed E-state index contributed by atoms with van der Waals surface area (Å²) in [7, 11) is 0.